The summed E-state index contributed by atoms with van der Waals surface area (Å²) in [5.74, 6) is 0. The lowest BCUT2D eigenvalue weighted by Gasteiger charge is -2.21. The SMILES string of the molecule is Cc1ccc(C(CCC(F)(F)F)Sc2cc(C)c(-c3ccc(C(C)(C)C)cc3)c(C)c2)cc1. The highest BCUT2D eigenvalue weighted by Gasteiger charge is 2.29. The molecule has 0 fully saturated rings. The lowest BCUT2D eigenvalue weighted by Crippen LogP contribution is -2.10. The predicted octanol–water partition coefficient (Wildman–Crippen LogP) is 9.75. The van der Waals surface area contributed by atoms with Crippen LogP contribution in [0.5, 0.6) is 0 Å². The van der Waals surface area contributed by atoms with Gasteiger partial charge < -0.3 is 0 Å². The van der Waals surface area contributed by atoms with Crippen LogP contribution in [0.3, 0.4) is 0 Å². The molecule has 0 nitrogen and oxygen atoms in total. The van der Waals surface area contributed by atoms with Crippen LogP contribution in [-0.4, -0.2) is 6.18 Å². The molecule has 33 heavy (non-hydrogen) atoms. The van der Waals surface area contributed by atoms with E-state index < -0.39 is 12.6 Å². The Morgan fingerprint density at radius 1 is 0.788 bits per heavy atom. The summed E-state index contributed by atoms with van der Waals surface area (Å²) in [5.41, 5.74) is 8.07. The third-order valence-corrected chi connectivity index (χ3v) is 7.26. The number of benzene rings is 3. The quantitative estimate of drug-likeness (QED) is 0.323. The second-order valence-electron chi connectivity index (χ2n) is 9.93. The minimum Gasteiger partial charge on any atom is -0.171 e. The summed E-state index contributed by atoms with van der Waals surface area (Å²) in [6.45, 7) is 12.8. The summed E-state index contributed by atoms with van der Waals surface area (Å²) in [6, 6.07) is 20.8. The van der Waals surface area contributed by atoms with Crippen molar-refractivity contribution in [2.24, 2.45) is 0 Å². The number of alkyl halides is 3. The molecular formula is C29H33F3S. The third-order valence-electron chi connectivity index (χ3n) is 5.96. The number of thioether (sulfide) groups is 1. The Labute approximate surface area is 200 Å². The molecule has 0 spiro atoms. The van der Waals surface area contributed by atoms with Crippen LogP contribution in [0, 0.1) is 20.8 Å². The van der Waals surface area contributed by atoms with Crippen molar-refractivity contribution in [1.29, 1.82) is 0 Å². The van der Waals surface area contributed by atoms with Crippen molar-refractivity contribution >= 4 is 11.8 Å². The van der Waals surface area contributed by atoms with E-state index in [4.69, 9.17) is 0 Å². The fraction of sp³-hybridized carbons (Fsp3) is 0.379. The lowest BCUT2D eigenvalue weighted by molar-refractivity contribution is -0.135. The third kappa shape index (κ3) is 6.89. The standard InChI is InChI=1S/C29H33F3S/c1-19-7-9-22(10-8-19)26(15-16-29(30,31)32)33-25-17-20(2)27(21(3)18-25)23-11-13-24(14-12-23)28(4,5)6/h7-14,17-18,26H,15-16H2,1-6H3. The largest absolute Gasteiger partial charge is 0.389 e. The number of halogens is 3. The first-order valence-electron chi connectivity index (χ1n) is 11.4. The average Bonchev–Trinajstić information content (AvgIpc) is 2.70. The van der Waals surface area contributed by atoms with Crippen LogP contribution < -0.4 is 0 Å². The monoisotopic (exact) mass is 470 g/mol. The van der Waals surface area contributed by atoms with E-state index in [0.29, 0.717) is 0 Å². The average molecular weight is 471 g/mol. The van der Waals surface area contributed by atoms with Crippen LogP contribution in [0.1, 0.15) is 66.7 Å². The molecule has 0 radical (unpaired) electrons. The highest BCUT2D eigenvalue weighted by atomic mass is 32.2. The molecule has 0 bridgehead atoms. The zero-order valence-corrected chi connectivity index (χ0v) is 21.1. The van der Waals surface area contributed by atoms with Gasteiger partial charge >= 0.3 is 6.18 Å². The van der Waals surface area contributed by atoms with Gasteiger partial charge in [0, 0.05) is 16.6 Å². The molecule has 0 heterocycles. The van der Waals surface area contributed by atoms with Crippen LogP contribution in [0.15, 0.2) is 65.6 Å². The summed E-state index contributed by atoms with van der Waals surface area (Å²) >= 11 is 1.53. The summed E-state index contributed by atoms with van der Waals surface area (Å²) < 4.78 is 39.0. The maximum atomic E-state index is 13.0. The molecule has 0 aromatic heterocycles. The van der Waals surface area contributed by atoms with Gasteiger partial charge in [-0.2, -0.15) is 13.2 Å². The highest BCUT2D eigenvalue weighted by molar-refractivity contribution is 7.99. The number of hydrogen-bond acceptors (Lipinski definition) is 1. The van der Waals surface area contributed by atoms with Gasteiger partial charge in [0.1, 0.15) is 0 Å². The second-order valence-corrected chi connectivity index (χ2v) is 11.2. The molecule has 176 valence electrons. The fourth-order valence-corrected chi connectivity index (χ4v) is 5.46. The van der Waals surface area contributed by atoms with Gasteiger partial charge in [-0.3, -0.25) is 0 Å². The molecule has 0 N–H and O–H groups in total. The lowest BCUT2D eigenvalue weighted by atomic mass is 9.85. The molecular weight excluding hydrogens is 437 g/mol. The molecule has 3 aromatic rings. The topological polar surface area (TPSA) is 0 Å². The summed E-state index contributed by atoms with van der Waals surface area (Å²) in [4.78, 5) is 1.01. The van der Waals surface area contributed by atoms with E-state index in [2.05, 4.69) is 71.0 Å². The first kappa shape index (κ1) is 25.4. The molecule has 0 saturated heterocycles. The van der Waals surface area contributed by atoms with Crippen LogP contribution in [0.25, 0.3) is 11.1 Å². The van der Waals surface area contributed by atoms with E-state index in [1.807, 2.05) is 31.2 Å². The molecule has 3 aromatic carbocycles. The van der Waals surface area contributed by atoms with Crippen molar-refractivity contribution in [3.05, 3.63) is 88.5 Å². The van der Waals surface area contributed by atoms with E-state index in [9.17, 15) is 13.2 Å². The Balaban J connectivity index is 1.89. The van der Waals surface area contributed by atoms with Crippen LogP contribution in [0.2, 0.25) is 0 Å². The van der Waals surface area contributed by atoms with Crippen molar-refractivity contribution in [1.82, 2.24) is 0 Å². The van der Waals surface area contributed by atoms with Crippen molar-refractivity contribution in [2.45, 2.75) is 76.1 Å². The van der Waals surface area contributed by atoms with E-state index in [1.54, 1.807) is 0 Å². The first-order valence-corrected chi connectivity index (χ1v) is 12.2. The number of aryl methyl sites for hydroxylation is 3. The maximum Gasteiger partial charge on any atom is 0.389 e. The Bertz CT molecular complexity index is 1050. The van der Waals surface area contributed by atoms with Crippen molar-refractivity contribution in [3.63, 3.8) is 0 Å². The Hall–Kier alpha value is -2.20. The van der Waals surface area contributed by atoms with Gasteiger partial charge in [0.2, 0.25) is 0 Å². The summed E-state index contributed by atoms with van der Waals surface area (Å²) in [7, 11) is 0. The predicted molar refractivity (Wildman–Crippen MR) is 135 cm³/mol. The number of hydrogen-bond donors (Lipinski definition) is 0. The van der Waals surface area contributed by atoms with E-state index in [0.717, 1.165) is 27.1 Å². The molecule has 4 heteroatoms. The van der Waals surface area contributed by atoms with E-state index in [-0.39, 0.29) is 17.1 Å². The molecule has 0 aliphatic rings. The minimum absolute atomic E-state index is 0.0609. The fourth-order valence-electron chi connectivity index (χ4n) is 4.12. The molecule has 0 amide bonds. The molecule has 0 aliphatic heterocycles. The maximum absolute atomic E-state index is 13.0. The Morgan fingerprint density at radius 3 is 1.82 bits per heavy atom. The summed E-state index contributed by atoms with van der Waals surface area (Å²) in [5, 5.41) is -0.247. The van der Waals surface area contributed by atoms with Crippen LogP contribution in [0.4, 0.5) is 13.2 Å². The van der Waals surface area contributed by atoms with Crippen molar-refractivity contribution < 1.29 is 13.2 Å². The van der Waals surface area contributed by atoms with Gasteiger partial charge in [-0.1, -0.05) is 74.9 Å². The normalized spacial score (nSPS) is 13.2. The van der Waals surface area contributed by atoms with Gasteiger partial charge in [0.25, 0.3) is 0 Å². The molecule has 3 rings (SSSR count). The molecule has 0 aliphatic carbocycles. The minimum atomic E-state index is -4.15. The second kappa shape index (κ2) is 9.97. The molecule has 0 saturated carbocycles. The molecule has 1 atom stereocenters. The van der Waals surface area contributed by atoms with Gasteiger partial charge in [-0.25, -0.2) is 0 Å². The Kier molecular flexibility index (Phi) is 7.68. The van der Waals surface area contributed by atoms with E-state index in [1.165, 1.54) is 28.5 Å². The number of rotatable bonds is 6. The summed E-state index contributed by atoms with van der Waals surface area (Å²) in [6.07, 6.45) is -4.88. The zero-order chi connectivity index (χ0) is 24.4. The Morgan fingerprint density at radius 2 is 1.33 bits per heavy atom. The van der Waals surface area contributed by atoms with Crippen LogP contribution in [-0.2, 0) is 5.41 Å². The van der Waals surface area contributed by atoms with Crippen LogP contribution >= 0.6 is 11.8 Å². The highest BCUT2D eigenvalue weighted by Crippen LogP contribution is 2.43. The van der Waals surface area contributed by atoms with Crippen molar-refractivity contribution in [3.8, 4) is 11.1 Å². The van der Waals surface area contributed by atoms with Gasteiger partial charge in [-0.15, -0.1) is 11.8 Å². The van der Waals surface area contributed by atoms with Crippen molar-refractivity contribution in [2.75, 3.05) is 0 Å². The first-order chi connectivity index (χ1) is 15.3. The molecule has 1 unspecified atom stereocenters. The van der Waals surface area contributed by atoms with Gasteiger partial charge in [0.15, 0.2) is 0 Å². The van der Waals surface area contributed by atoms with Gasteiger partial charge in [0.05, 0.1) is 0 Å². The van der Waals surface area contributed by atoms with E-state index >= 15 is 0 Å². The van der Waals surface area contributed by atoms with Gasteiger partial charge in [-0.05, 0) is 78.1 Å². The smallest absolute Gasteiger partial charge is 0.171 e. The zero-order valence-electron chi connectivity index (χ0n) is 20.3.